The van der Waals surface area contributed by atoms with Gasteiger partial charge in [-0.15, -0.1) is 0 Å². The maximum absolute atomic E-state index is 10.1. The van der Waals surface area contributed by atoms with Crippen molar-refractivity contribution in [2.45, 2.75) is 44.8 Å². The van der Waals surface area contributed by atoms with Crippen molar-refractivity contribution in [2.75, 3.05) is 13.7 Å². The van der Waals surface area contributed by atoms with E-state index in [1.54, 1.807) is 7.11 Å². The van der Waals surface area contributed by atoms with Gasteiger partial charge in [0.05, 0.1) is 12.2 Å². The summed E-state index contributed by atoms with van der Waals surface area (Å²) in [5.41, 5.74) is -0.539. The zero-order valence-electron chi connectivity index (χ0n) is 9.25. The summed E-state index contributed by atoms with van der Waals surface area (Å²) in [6, 6.07) is 0. The molecule has 0 bridgehead atoms. The second-order valence-electron chi connectivity index (χ2n) is 3.87. The third kappa shape index (κ3) is 2.28. The van der Waals surface area contributed by atoms with Crippen LogP contribution in [0.2, 0.25) is 0 Å². The molecular formula is C11H20O3. The smallest absolute Gasteiger partial charge is 0.139 e. The molecule has 0 spiro atoms. The number of aliphatic hydroxyl groups is 1. The van der Waals surface area contributed by atoms with E-state index in [0.717, 1.165) is 19.3 Å². The van der Waals surface area contributed by atoms with Crippen molar-refractivity contribution in [1.29, 1.82) is 0 Å². The van der Waals surface area contributed by atoms with Crippen LogP contribution in [-0.2, 0) is 9.47 Å². The molecule has 14 heavy (non-hydrogen) atoms. The number of methoxy groups -OCH3 is 1. The second-order valence-corrected chi connectivity index (χ2v) is 3.87. The Balaban J connectivity index is 2.71. The zero-order valence-corrected chi connectivity index (χ0v) is 9.25. The van der Waals surface area contributed by atoms with Gasteiger partial charge in [-0.2, -0.15) is 0 Å². The molecule has 1 N–H and O–H groups in total. The first kappa shape index (κ1) is 11.5. The van der Waals surface area contributed by atoms with Crippen LogP contribution in [0.5, 0.6) is 0 Å². The largest absolute Gasteiger partial charge is 0.495 e. The van der Waals surface area contributed by atoms with Gasteiger partial charge in [-0.25, -0.2) is 0 Å². The van der Waals surface area contributed by atoms with Crippen LogP contribution in [-0.4, -0.2) is 30.5 Å². The number of rotatable bonds is 4. The summed E-state index contributed by atoms with van der Waals surface area (Å²) in [4.78, 5) is 0. The molecule has 1 aliphatic rings. The van der Waals surface area contributed by atoms with Gasteiger partial charge in [0.25, 0.3) is 0 Å². The first-order valence-electron chi connectivity index (χ1n) is 5.20. The zero-order chi connectivity index (χ0) is 10.6. The summed E-state index contributed by atoms with van der Waals surface area (Å²) in [7, 11) is 1.62. The van der Waals surface area contributed by atoms with Crippen LogP contribution in [0.3, 0.4) is 0 Å². The lowest BCUT2D eigenvalue weighted by Crippen LogP contribution is -2.42. The number of hydrogen-bond acceptors (Lipinski definition) is 3. The van der Waals surface area contributed by atoms with Crippen molar-refractivity contribution < 1.29 is 14.6 Å². The highest BCUT2D eigenvalue weighted by molar-refractivity contribution is 5.08. The van der Waals surface area contributed by atoms with Crippen molar-refractivity contribution in [1.82, 2.24) is 0 Å². The highest BCUT2D eigenvalue weighted by atomic mass is 16.5. The topological polar surface area (TPSA) is 38.7 Å². The van der Waals surface area contributed by atoms with E-state index in [1.807, 2.05) is 19.9 Å². The maximum Gasteiger partial charge on any atom is 0.139 e. The van der Waals surface area contributed by atoms with E-state index in [9.17, 15) is 5.11 Å². The fourth-order valence-corrected chi connectivity index (χ4v) is 1.52. The summed E-state index contributed by atoms with van der Waals surface area (Å²) in [5, 5.41) is 10.1. The van der Waals surface area contributed by atoms with Gasteiger partial charge < -0.3 is 14.6 Å². The Kier molecular flexibility index (Phi) is 3.96. The molecule has 0 aliphatic carbocycles. The Morgan fingerprint density at radius 2 is 2.43 bits per heavy atom. The van der Waals surface area contributed by atoms with Crippen molar-refractivity contribution in [3.63, 3.8) is 0 Å². The maximum atomic E-state index is 10.1. The number of hydrogen-bond donors (Lipinski definition) is 1. The van der Waals surface area contributed by atoms with Crippen molar-refractivity contribution in [3.8, 4) is 0 Å². The minimum Gasteiger partial charge on any atom is -0.495 e. The lowest BCUT2D eigenvalue weighted by atomic mass is 9.93. The van der Waals surface area contributed by atoms with Crippen LogP contribution < -0.4 is 0 Å². The number of ether oxygens (including phenoxy) is 2. The Bertz CT molecular complexity index is 207. The lowest BCUT2D eigenvalue weighted by Gasteiger charge is -2.34. The second kappa shape index (κ2) is 4.80. The van der Waals surface area contributed by atoms with E-state index < -0.39 is 11.7 Å². The molecule has 82 valence electrons. The van der Waals surface area contributed by atoms with Crippen molar-refractivity contribution >= 4 is 0 Å². The highest BCUT2D eigenvalue weighted by Crippen LogP contribution is 2.27. The third-order valence-corrected chi connectivity index (χ3v) is 2.98. The van der Waals surface area contributed by atoms with E-state index >= 15 is 0 Å². The Morgan fingerprint density at radius 1 is 1.71 bits per heavy atom. The first-order chi connectivity index (χ1) is 6.64. The molecule has 0 saturated heterocycles. The third-order valence-electron chi connectivity index (χ3n) is 2.98. The molecular weight excluding hydrogens is 180 g/mol. The van der Waals surface area contributed by atoms with Gasteiger partial charge in [-0.05, 0) is 32.3 Å². The summed E-state index contributed by atoms with van der Waals surface area (Å²) in [6.07, 6.45) is 4.08. The van der Waals surface area contributed by atoms with Gasteiger partial charge in [0.2, 0.25) is 0 Å². The number of aliphatic hydroxyl groups excluding tert-OH is 1. The van der Waals surface area contributed by atoms with E-state index in [4.69, 9.17) is 9.47 Å². The van der Waals surface area contributed by atoms with Crippen molar-refractivity contribution in [3.05, 3.63) is 11.8 Å². The molecule has 0 aromatic rings. The van der Waals surface area contributed by atoms with Gasteiger partial charge in [0.1, 0.15) is 11.9 Å². The Morgan fingerprint density at radius 3 is 2.86 bits per heavy atom. The molecule has 0 aromatic heterocycles. The average molecular weight is 200 g/mol. The minimum atomic E-state index is -0.655. The fraction of sp³-hybridized carbons (Fsp3) is 0.818. The molecule has 1 aliphatic heterocycles. The summed E-state index contributed by atoms with van der Waals surface area (Å²) in [6.45, 7) is 4.60. The van der Waals surface area contributed by atoms with Gasteiger partial charge in [-0.3, -0.25) is 0 Å². The summed E-state index contributed by atoms with van der Waals surface area (Å²) < 4.78 is 10.8. The van der Waals surface area contributed by atoms with E-state index in [0.29, 0.717) is 12.4 Å². The first-order valence-corrected chi connectivity index (χ1v) is 5.20. The molecule has 3 heteroatoms. The molecule has 0 aromatic carbocycles. The molecule has 1 heterocycles. The van der Waals surface area contributed by atoms with Gasteiger partial charge in [0.15, 0.2) is 0 Å². The van der Waals surface area contributed by atoms with Crippen LogP contribution in [0.15, 0.2) is 11.8 Å². The standard InChI is InChI=1S/C11H20O3/c1-4-11(2,13-3)10(12)9-7-5-6-8-14-9/h7,10,12H,4-6,8H2,1-3H3. The van der Waals surface area contributed by atoms with Gasteiger partial charge in [-0.1, -0.05) is 6.92 Å². The molecule has 0 radical (unpaired) electrons. The monoisotopic (exact) mass is 200 g/mol. The van der Waals surface area contributed by atoms with E-state index in [1.165, 1.54) is 0 Å². The van der Waals surface area contributed by atoms with Gasteiger partial charge >= 0.3 is 0 Å². The molecule has 2 unspecified atom stereocenters. The fourth-order valence-electron chi connectivity index (χ4n) is 1.52. The molecule has 2 atom stereocenters. The molecule has 0 saturated carbocycles. The van der Waals surface area contributed by atoms with Crippen molar-refractivity contribution in [2.24, 2.45) is 0 Å². The molecule has 0 fully saturated rings. The van der Waals surface area contributed by atoms with E-state index in [2.05, 4.69) is 0 Å². The number of allylic oxidation sites excluding steroid dienone is 1. The van der Waals surface area contributed by atoms with E-state index in [-0.39, 0.29) is 0 Å². The van der Waals surface area contributed by atoms with Gasteiger partial charge in [0, 0.05) is 7.11 Å². The molecule has 0 amide bonds. The Labute approximate surface area is 85.7 Å². The van der Waals surface area contributed by atoms with Crippen LogP contribution in [0.4, 0.5) is 0 Å². The van der Waals surface area contributed by atoms with Crippen LogP contribution in [0.1, 0.15) is 33.1 Å². The van der Waals surface area contributed by atoms with Crippen LogP contribution in [0.25, 0.3) is 0 Å². The SMILES string of the molecule is CCC(C)(OC)C(O)C1=CCCCO1. The average Bonchev–Trinajstić information content (AvgIpc) is 2.28. The quantitative estimate of drug-likeness (QED) is 0.752. The Hall–Kier alpha value is -0.540. The summed E-state index contributed by atoms with van der Waals surface area (Å²) >= 11 is 0. The lowest BCUT2D eigenvalue weighted by molar-refractivity contribution is -0.0963. The predicted molar refractivity (Wildman–Crippen MR) is 55.0 cm³/mol. The highest BCUT2D eigenvalue weighted by Gasteiger charge is 2.35. The van der Waals surface area contributed by atoms with Crippen LogP contribution in [0, 0.1) is 0 Å². The molecule has 3 nitrogen and oxygen atoms in total. The molecule has 1 rings (SSSR count). The summed E-state index contributed by atoms with van der Waals surface area (Å²) in [5.74, 6) is 0.669. The minimum absolute atomic E-state index is 0.539. The van der Waals surface area contributed by atoms with Crippen LogP contribution >= 0.6 is 0 Å². The normalized spacial score (nSPS) is 23.3. The predicted octanol–water partition coefficient (Wildman–Crippen LogP) is 1.86.